The van der Waals surface area contributed by atoms with Crippen molar-refractivity contribution in [3.8, 4) is 12.1 Å². The Morgan fingerprint density at radius 3 is 1.93 bits per heavy atom. The number of hydrogen-bond donors (Lipinski definition) is 0. The van der Waals surface area contributed by atoms with Crippen LogP contribution in [0.4, 0.5) is 0 Å². The molecule has 0 aliphatic heterocycles. The van der Waals surface area contributed by atoms with Crippen LogP contribution in [0.1, 0.15) is 39.5 Å². The van der Waals surface area contributed by atoms with E-state index in [1.807, 2.05) is 19.1 Å². The number of nitriles is 2. The minimum atomic E-state index is -1.22. The summed E-state index contributed by atoms with van der Waals surface area (Å²) in [5, 5.41) is 18.2. The van der Waals surface area contributed by atoms with Crippen molar-refractivity contribution in [2.45, 2.75) is 43.9 Å². The highest BCUT2D eigenvalue weighted by atomic mass is 35.5. The van der Waals surface area contributed by atoms with Crippen molar-refractivity contribution in [3.05, 3.63) is 0 Å². The summed E-state index contributed by atoms with van der Waals surface area (Å²) in [5.74, 6) is 0. The molecular weight excluding hydrogens is 231 g/mol. The van der Waals surface area contributed by atoms with Crippen molar-refractivity contribution < 1.29 is 0 Å². The van der Waals surface area contributed by atoms with Crippen molar-refractivity contribution in [1.29, 1.82) is 10.5 Å². The molecule has 0 saturated heterocycles. The van der Waals surface area contributed by atoms with Crippen LogP contribution in [0, 0.1) is 33.5 Å². The molecule has 0 amide bonds. The Hall–Kier alpha value is -0.440. The molecule has 0 N–H and O–H groups in total. The number of hydrogen-bond acceptors (Lipinski definition) is 2. The fourth-order valence-corrected chi connectivity index (χ4v) is 3.65. The zero-order chi connectivity index (χ0) is 11.7. The van der Waals surface area contributed by atoms with E-state index >= 15 is 0 Å². The standard InChI is InChI=1S/C11H14Cl2N2/c1-3-5-6-9(4-2)10(7-14,8-15)11(9,12)13/h3-6H2,1-2H3. The van der Waals surface area contributed by atoms with E-state index in [1.54, 1.807) is 0 Å². The van der Waals surface area contributed by atoms with Crippen LogP contribution < -0.4 is 0 Å². The number of halogens is 2. The van der Waals surface area contributed by atoms with Crippen LogP contribution in [-0.2, 0) is 0 Å². The van der Waals surface area contributed by atoms with Gasteiger partial charge in [-0.3, -0.25) is 0 Å². The molecule has 1 aliphatic carbocycles. The second kappa shape index (κ2) is 3.85. The molecule has 4 heteroatoms. The summed E-state index contributed by atoms with van der Waals surface area (Å²) in [5.41, 5.74) is -1.75. The predicted octanol–water partition coefficient (Wildman–Crippen LogP) is 3.79. The molecule has 0 bridgehead atoms. The van der Waals surface area contributed by atoms with Gasteiger partial charge in [0.1, 0.15) is 0 Å². The lowest BCUT2D eigenvalue weighted by Crippen LogP contribution is -2.10. The molecule has 15 heavy (non-hydrogen) atoms. The first-order valence-electron chi connectivity index (χ1n) is 5.20. The zero-order valence-electron chi connectivity index (χ0n) is 8.98. The minimum absolute atomic E-state index is 0.539. The highest BCUT2D eigenvalue weighted by Gasteiger charge is 2.87. The lowest BCUT2D eigenvalue weighted by atomic mass is 9.87. The van der Waals surface area contributed by atoms with E-state index in [0.29, 0.717) is 6.42 Å². The fraction of sp³-hybridized carbons (Fsp3) is 0.818. The van der Waals surface area contributed by atoms with E-state index in [9.17, 15) is 0 Å². The molecule has 0 aromatic heterocycles. The van der Waals surface area contributed by atoms with Gasteiger partial charge in [-0.25, -0.2) is 0 Å². The molecule has 0 spiro atoms. The monoisotopic (exact) mass is 244 g/mol. The van der Waals surface area contributed by atoms with Crippen LogP contribution in [0.2, 0.25) is 0 Å². The highest BCUT2D eigenvalue weighted by molar-refractivity contribution is 6.53. The maximum atomic E-state index is 9.12. The lowest BCUT2D eigenvalue weighted by Gasteiger charge is -2.14. The Balaban J connectivity index is 3.05. The molecule has 0 radical (unpaired) electrons. The molecular formula is C11H14Cl2N2. The van der Waals surface area contributed by atoms with Gasteiger partial charge in [-0.1, -0.05) is 49.9 Å². The van der Waals surface area contributed by atoms with Gasteiger partial charge in [0.15, 0.2) is 9.75 Å². The minimum Gasteiger partial charge on any atom is -0.196 e. The normalized spacial score (nSPS) is 30.3. The predicted molar refractivity (Wildman–Crippen MR) is 60.3 cm³/mol. The number of rotatable bonds is 4. The van der Waals surface area contributed by atoms with E-state index in [1.165, 1.54) is 0 Å². The molecule has 0 aromatic carbocycles. The van der Waals surface area contributed by atoms with Gasteiger partial charge in [0, 0.05) is 5.41 Å². The SMILES string of the molecule is CCCCC1(CC)C(Cl)(Cl)C1(C#N)C#N. The Bertz CT molecular complexity index is 323. The first-order chi connectivity index (χ1) is 6.99. The summed E-state index contributed by atoms with van der Waals surface area (Å²) < 4.78 is -1.20. The van der Waals surface area contributed by atoms with E-state index in [4.69, 9.17) is 33.7 Å². The first-order valence-corrected chi connectivity index (χ1v) is 5.95. The summed E-state index contributed by atoms with van der Waals surface area (Å²) in [7, 11) is 0. The third kappa shape index (κ3) is 1.22. The van der Waals surface area contributed by atoms with Crippen LogP contribution in [0.25, 0.3) is 0 Å². The van der Waals surface area contributed by atoms with Crippen LogP contribution in [0.3, 0.4) is 0 Å². The Morgan fingerprint density at radius 1 is 1.13 bits per heavy atom. The Morgan fingerprint density at radius 2 is 1.67 bits per heavy atom. The van der Waals surface area contributed by atoms with E-state index in [2.05, 4.69) is 6.92 Å². The topological polar surface area (TPSA) is 47.6 Å². The van der Waals surface area contributed by atoms with Crippen molar-refractivity contribution in [2.24, 2.45) is 10.8 Å². The van der Waals surface area contributed by atoms with Crippen molar-refractivity contribution >= 4 is 23.2 Å². The molecule has 1 saturated carbocycles. The summed E-state index contributed by atoms with van der Waals surface area (Å²) in [6.45, 7) is 4.00. The van der Waals surface area contributed by atoms with Crippen LogP contribution in [0.5, 0.6) is 0 Å². The van der Waals surface area contributed by atoms with Crippen molar-refractivity contribution in [2.75, 3.05) is 0 Å². The molecule has 1 atom stereocenters. The van der Waals surface area contributed by atoms with Crippen LogP contribution in [-0.4, -0.2) is 4.33 Å². The highest BCUT2D eigenvalue weighted by Crippen LogP contribution is 2.80. The number of alkyl halides is 2. The molecule has 82 valence electrons. The summed E-state index contributed by atoms with van der Waals surface area (Å²) in [6, 6.07) is 4.04. The van der Waals surface area contributed by atoms with Gasteiger partial charge in [-0.15, -0.1) is 0 Å². The van der Waals surface area contributed by atoms with Gasteiger partial charge in [0.05, 0.1) is 12.1 Å². The van der Waals surface area contributed by atoms with Gasteiger partial charge in [-0.05, 0) is 12.8 Å². The molecule has 0 aromatic rings. The van der Waals surface area contributed by atoms with Gasteiger partial charge in [0.2, 0.25) is 0 Å². The van der Waals surface area contributed by atoms with Crippen LogP contribution >= 0.6 is 23.2 Å². The molecule has 1 rings (SSSR count). The van der Waals surface area contributed by atoms with Crippen molar-refractivity contribution in [1.82, 2.24) is 0 Å². The first kappa shape index (κ1) is 12.6. The molecule has 1 aliphatic rings. The maximum absolute atomic E-state index is 9.12. The van der Waals surface area contributed by atoms with Gasteiger partial charge >= 0.3 is 0 Å². The Kier molecular flexibility index (Phi) is 3.24. The van der Waals surface area contributed by atoms with Gasteiger partial charge in [-0.2, -0.15) is 10.5 Å². The van der Waals surface area contributed by atoms with E-state index in [-0.39, 0.29) is 0 Å². The summed E-state index contributed by atoms with van der Waals surface area (Å²) in [4.78, 5) is 0. The van der Waals surface area contributed by atoms with Crippen LogP contribution in [0.15, 0.2) is 0 Å². The smallest absolute Gasteiger partial charge is 0.185 e. The molecule has 2 nitrogen and oxygen atoms in total. The molecule has 0 heterocycles. The maximum Gasteiger partial charge on any atom is 0.185 e. The molecule has 1 unspecified atom stereocenters. The number of nitrogens with zero attached hydrogens (tertiary/aromatic N) is 2. The second-order valence-electron chi connectivity index (χ2n) is 4.09. The number of unbranched alkanes of at least 4 members (excludes halogenated alkanes) is 1. The average molecular weight is 245 g/mol. The summed E-state index contributed by atoms with van der Waals surface area (Å²) in [6.07, 6.45) is 3.37. The van der Waals surface area contributed by atoms with E-state index < -0.39 is 15.2 Å². The zero-order valence-corrected chi connectivity index (χ0v) is 10.5. The van der Waals surface area contributed by atoms with Gasteiger partial charge in [0.25, 0.3) is 0 Å². The third-order valence-corrected chi connectivity index (χ3v) is 4.91. The second-order valence-corrected chi connectivity index (χ2v) is 5.41. The average Bonchev–Trinajstić information content (AvgIpc) is 2.66. The lowest BCUT2D eigenvalue weighted by molar-refractivity contribution is 0.380. The largest absolute Gasteiger partial charge is 0.196 e. The molecule has 1 fully saturated rings. The Labute approximate surface area is 101 Å². The quantitative estimate of drug-likeness (QED) is 0.707. The fourth-order valence-electron chi connectivity index (χ4n) is 2.47. The summed E-state index contributed by atoms with van der Waals surface area (Å²) >= 11 is 12.3. The van der Waals surface area contributed by atoms with E-state index in [0.717, 1.165) is 19.3 Å². The van der Waals surface area contributed by atoms with Gasteiger partial charge < -0.3 is 0 Å². The third-order valence-electron chi connectivity index (χ3n) is 3.62. The van der Waals surface area contributed by atoms with Crippen molar-refractivity contribution in [3.63, 3.8) is 0 Å².